The van der Waals surface area contributed by atoms with Gasteiger partial charge in [0.2, 0.25) is 0 Å². The largest absolute Gasteiger partial charge is 0.461 e. The number of hydrogen-bond donors (Lipinski definition) is 3. The van der Waals surface area contributed by atoms with E-state index in [1.165, 1.54) is 0 Å². The highest BCUT2D eigenvalue weighted by Crippen LogP contribution is 2.08. The molecule has 1 aromatic rings. The SMILES string of the molecule is CCOC(=O)C(=N/Nc1ccc(C)cc1)/C(C)=N/NC(N)=S. The molecular formula is C14H19N5O2S. The number of aryl methyl sites for hydroxylation is 1. The van der Waals surface area contributed by atoms with E-state index < -0.39 is 5.97 Å². The van der Waals surface area contributed by atoms with Crippen molar-refractivity contribution in [1.29, 1.82) is 0 Å². The van der Waals surface area contributed by atoms with Crippen LogP contribution in [-0.2, 0) is 9.53 Å². The molecule has 0 heterocycles. The number of carbonyl (C=O) groups is 1. The van der Waals surface area contributed by atoms with E-state index in [9.17, 15) is 4.79 Å². The molecule has 0 aliphatic heterocycles. The number of esters is 1. The van der Waals surface area contributed by atoms with Gasteiger partial charge in [-0.05, 0) is 45.1 Å². The second-order valence-electron chi connectivity index (χ2n) is 4.33. The normalized spacial score (nSPS) is 11.8. The first-order chi connectivity index (χ1) is 10.4. The number of nitrogens with two attached hydrogens (primary N) is 1. The van der Waals surface area contributed by atoms with E-state index >= 15 is 0 Å². The van der Waals surface area contributed by atoms with E-state index in [2.05, 4.69) is 33.3 Å². The van der Waals surface area contributed by atoms with Crippen LogP contribution in [0.2, 0.25) is 0 Å². The molecule has 0 saturated heterocycles. The van der Waals surface area contributed by atoms with Crippen molar-refractivity contribution in [2.45, 2.75) is 20.8 Å². The van der Waals surface area contributed by atoms with Crippen molar-refractivity contribution >= 4 is 40.4 Å². The predicted octanol–water partition coefficient (Wildman–Crippen LogP) is 1.54. The highest BCUT2D eigenvalue weighted by molar-refractivity contribution is 7.80. The first kappa shape index (κ1) is 17.6. The topological polar surface area (TPSA) is 101 Å². The van der Waals surface area contributed by atoms with Crippen LogP contribution < -0.4 is 16.6 Å². The number of benzene rings is 1. The lowest BCUT2D eigenvalue weighted by atomic mass is 10.2. The van der Waals surface area contributed by atoms with Crippen LogP contribution in [-0.4, -0.2) is 29.1 Å². The van der Waals surface area contributed by atoms with Gasteiger partial charge in [0.15, 0.2) is 10.8 Å². The molecule has 0 saturated carbocycles. The molecule has 1 aromatic carbocycles. The first-order valence-corrected chi connectivity index (χ1v) is 7.02. The third kappa shape index (κ3) is 5.88. The zero-order valence-corrected chi connectivity index (χ0v) is 13.5. The summed E-state index contributed by atoms with van der Waals surface area (Å²) in [5, 5.41) is 7.93. The molecule has 0 spiro atoms. The third-order valence-corrected chi connectivity index (χ3v) is 2.58. The quantitative estimate of drug-likeness (QED) is 0.318. The standard InChI is InChI=1S/C14H19N5O2S/c1-4-21-13(20)12(10(3)16-19-14(15)22)18-17-11-7-5-9(2)6-8-11/h5-8,17H,4H2,1-3H3,(H3,15,19,22)/b16-10+,18-12+. The van der Waals surface area contributed by atoms with Gasteiger partial charge >= 0.3 is 5.97 Å². The molecule has 0 fully saturated rings. The molecule has 118 valence electrons. The van der Waals surface area contributed by atoms with Crippen LogP contribution in [0.25, 0.3) is 0 Å². The minimum absolute atomic E-state index is 0.00551. The summed E-state index contributed by atoms with van der Waals surface area (Å²) < 4.78 is 4.96. The van der Waals surface area contributed by atoms with E-state index in [0.717, 1.165) is 11.3 Å². The van der Waals surface area contributed by atoms with Crippen molar-refractivity contribution in [2.75, 3.05) is 12.0 Å². The van der Waals surface area contributed by atoms with Gasteiger partial charge in [-0.25, -0.2) is 4.79 Å². The minimum atomic E-state index is -0.590. The van der Waals surface area contributed by atoms with Gasteiger partial charge in [0.05, 0.1) is 18.0 Å². The molecule has 0 radical (unpaired) electrons. The molecule has 0 amide bonds. The maximum absolute atomic E-state index is 11.9. The minimum Gasteiger partial charge on any atom is -0.461 e. The predicted molar refractivity (Wildman–Crippen MR) is 91.9 cm³/mol. The second-order valence-corrected chi connectivity index (χ2v) is 4.77. The van der Waals surface area contributed by atoms with E-state index in [4.69, 9.17) is 10.5 Å². The Morgan fingerprint density at radius 3 is 2.50 bits per heavy atom. The molecule has 22 heavy (non-hydrogen) atoms. The van der Waals surface area contributed by atoms with Gasteiger partial charge in [0.1, 0.15) is 0 Å². The molecule has 0 bridgehead atoms. The number of nitrogens with one attached hydrogen (secondary N) is 2. The molecule has 0 atom stereocenters. The molecule has 7 nitrogen and oxygen atoms in total. The zero-order valence-electron chi connectivity index (χ0n) is 12.7. The number of hydrogen-bond acceptors (Lipinski definition) is 6. The van der Waals surface area contributed by atoms with E-state index in [0.29, 0.717) is 5.71 Å². The number of hydrazone groups is 2. The lowest BCUT2D eigenvalue weighted by Gasteiger charge is -2.07. The maximum atomic E-state index is 11.9. The summed E-state index contributed by atoms with van der Waals surface area (Å²) in [4.78, 5) is 11.9. The fraction of sp³-hybridized carbons (Fsp3) is 0.286. The number of carbonyl (C=O) groups excluding carboxylic acids is 1. The van der Waals surface area contributed by atoms with Gasteiger partial charge in [-0.1, -0.05) is 17.7 Å². The van der Waals surface area contributed by atoms with E-state index in [1.54, 1.807) is 13.8 Å². The van der Waals surface area contributed by atoms with Gasteiger partial charge in [-0.15, -0.1) is 0 Å². The summed E-state index contributed by atoms with van der Waals surface area (Å²) in [6.45, 7) is 5.52. The Balaban J connectivity index is 2.95. The van der Waals surface area contributed by atoms with Crippen molar-refractivity contribution in [3.05, 3.63) is 29.8 Å². The smallest absolute Gasteiger partial charge is 0.360 e. The Morgan fingerprint density at radius 1 is 1.32 bits per heavy atom. The zero-order chi connectivity index (χ0) is 16.5. The summed E-state index contributed by atoms with van der Waals surface area (Å²) in [6, 6.07) is 7.55. The highest BCUT2D eigenvalue weighted by atomic mass is 32.1. The first-order valence-electron chi connectivity index (χ1n) is 6.61. The molecular weight excluding hydrogens is 302 g/mol. The van der Waals surface area contributed by atoms with Gasteiger partial charge in [0, 0.05) is 0 Å². The highest BCUT2D eigenvalue weighted by Gasteiger charge is 2.17. The number of anilines is 1. The number of thiocarbonyl (C=S) groups is 1. The summed E-state index contributed by atoms with van der Waals surface area (Å²) >= 11 is 4.66. The van der Waals surface area contributed by atoms with Gasteiger partial charge in [0.25, 0.3) is 0 Å². The molecule has 8 heteroatoms. The number of nitrogens with zero attached hydrogens (tertiary/aromatic N) is 2. The Labute approximate surface area is 134 Å². The van der Waals surface area contributed by atoms with Crippen molar-refractivity contribution in [3.8, 4) is 0 Å². The average Bonchev–Trinajstić information content (AvgIpc) is 2.47. The van der Waals surface area contributed by atoms with Gasteiger partial charge in [-0.3, -0.25) is 10.9 Å². The molecule has 0 aliphatic rings. The molecule has 4 N–H and O–H groups in total. The summed E-state index contributed by atoms with van der Waals surface area (Å²) in [5.41, 5.74) is 12.7. The number of ether oxygens (including phenoxy) is 1. The van der Waals surface area contributed by atoms with E-state index in [1.807, 2.05) is 31.2 Å². The molecule has 0 unspecified atom stereocenters. The Hall–Kier alpha value is -2.48. The third-order valence-electron chi connectivity index (χ3n) is 2.49. The van der Waals surface area contributed by atoms with Crippen LogP contribution in [0.1, 0.15) is 19.4 Å². The molecule has 1 rings (SSSR count). The van der Waals surface area contributed by atoms with Crippen LogP contribution in [0.15, 0.2) is 34.5 Å². The molecule has 0 aliphatic carbocycles. The van der Waals surface area contributed by atoms with Gasteiger partial charge < -0.3 is 10.5 Å². The summed E-state index contributed by atoms with van der Waals surface area (Å²) in [6.07, 6.45) is 0. The van der Waals surface area contributed by atoms with E-state index in [-0.39, 0.29) is 17.4 Å². The average molecular weight is 321 g/mol. The lowest BCUT2D eigenvalue weighted by molar-refractivity contribution is -0.134. The van der Waals surface area contributed by atoms with Crippen LogP contribution in [0, 0.1) is 6.92 Å². The second kappa shape index (κ2) is 8.73. The van der Waals surface area contributed by atoms with Gasteiger partial charge in [-0.2, -0.15) is 10.2 Å². The fourth-order valence-electron chi connectivity index (χ4n) is 1.41. The Bertz CT molecular complexity index is 596. The van der Waals surface area contributed by atoms with Crippen molar-refractivity contribution in [1.82, 2.24) is 5.43 Å². The van der Waals surface area contributed by atoms with Crippen molar-refractivity contribution < 1.29 is 9.53 Å². The summed E-state index contributed by atoms with van der Waals surface area (Å²) in [7, 11) is 0. The van der Waals surface area contributed by atoms with Crippen molar-refractivity contribution in [2.24, 2.45) is 15.9 Å². The van der Waals surface area contributed by atoms with Crippen LogP contribution in [0.5, 0.6) is 0 Å². The Kier molecular flexibility index (Phi) is 6.97. The van der Waals surface area contributed by atoms with Crippen molar-refractivity contribution in [3.63, 3.8) is 0 Å². The Morgan fingerprint density at radius 2 is 1.95 bits per heavy atom. The van der Waals surface area contributed by atoms with Crippen LogP contribution in [0.4, 0.5) is 5.69 Å². The summed E-state index contributed by atoms with van der Waals surface area (Å²) in [5.74, 6) is -0.590. The van der Waals surface area contributed by atoms with Crippen LogP contribution in [0.3, 0.4) is 0 Å². The fourth-order valence-corrected chi connectivity index (χ4v) is 1.46. The lowest BCUT2D eigenvalue weighted by Crippen LogP contribution is -2.30. The monoisotopic (exact) mass is 321 g/mol. The molecule has 0 aromatic heterocycles. The van der Waals surface area contributed by atoms with Crippen LogP contribution >= 0.6 is 12.2 Å². The number of rotatable bonds is 6. The maximum Gasteiger partial charge on any atom is 0.360 e.